The number of hydrogen-bond donors (Lipinski definition) is 1. The number of fused-ring (bicyclic) bond motifs is 3. The maximum atomic E-state index is 12.9. The zero-order chi connectivity index (χ0) is 15.6. The second kappa shape index (κ2) is 5.46. The van der Waals surface area contributed by atoms with Crippen LogP contribution in [0, 0.1) is 5.92 Å². The van der Waals surface area contributed by atoms with Gasteiger partial charge in [0.15, 0.2) is 5.82 Å². The molecule has 4 aliphatic rings. The van der Waals surface area contributed by atoms with Crippen molar-refractivity contribution < 1.29 is 4.79 Å². The Hall–Kier alpha value is -1.59. The fraction of sp³-hybridized carbons (Fsp3) is 0.556. The summed E-state index contributed by atoms with van der Waals surface area (Å²) in [5.41, 5.74) is 2.16. The van der Waals surface area contributed by atoms with Crippen LogP contribution in [0.2, 0.25) is 0 Å². The highest BCUT2D eigenvalue weighted by Gasteiger charge is 2.60. The molecule has 1 aliphatic carbocycles. The molecule has 6 heteroatoms. The molecular formula is C18H23ClN4O. The molecule has 1 N–H and O–H groups in total. The number of aromatic nitrogens is 2. The molecule has 3 aliphatic heterocycles. The molecule has 3 saturated heterocycles. The Labute approximate surface area is 147 Å². The number of benzene rings is 1. The van der Waals surface area contributed by atoms with Gasteiger partial charge in [0.1, 0.15) is 0 Å². The van der Waals surface area contributed by atoms with Crippen LogP contribution in [0.5, 0.6) is 0 Å². The molecule has 2 bridgehead atoms. The molecule has 1 atom stereocenters. The van der Waals surface area contributed by atoms with E-state index >= 15 is 0 Å². The minimum atomic E-state index is -0.0197. The highest BCUT2D eigenvalue weighted by Crippen LogP contribution is 2.53. The number of piperidine rings is 3. The summed E-state index contributed by atoms with van der Waals surface area (Å²) in [5, 5.41) is 3.36. The van der Waals surface area contributed by atoms with Crippen LogP contribution in [-0.4, -0.2) is 45.0 Å². The monoisotopic (exact) mass is 346 g/mol. The highest BCUT2D eigenvalue weighted by molar-refractivity contribution is 5.95. The first-order valence-corrected chi connectivity index (χ1v) is 8.66. The number of amides is 1. The SMILES string of the molecule is Cl.Cn1c(C(=O)N[C@@H]2C3CCN(CC3)C23CC3)nc2ccccc21. The standard InChI is InChI=1S/C18H22N4O.ClH/c1-21-14-5-3-2-4-13(14)19-16(21)17(23)20-15-12-6-10-22(11-7-12)18(15)8-9-18;/h2-5,12,15H,6-11H2,1H3,(H,20,23);1H/t15-;/m1./s1. The van der Waals surface area contributed by atoms with Crippen molar-refractivity contribution in [2.45, 2.75) is 37.3 Å². The van der Waals surface area contributed by atoms with E-state index in [1.807, 2.05) is 35.9 Å². The van der Waals surface area contributed by atoms with E-state index in [2.05, 4.69) is 15.2 Å². The van der Waals surface area contributed by atoms with E-state index in [4.69, 9.17) is 0 Å². The Balaban J connectivity index is 0.00000146. The van der Waals surface area contributed by atoms with Gasteiger partial charge in [0.2, 0.25) is 0 Å². The lowest BCUT2D eigenvalue weighted by molar-refractivity contribution is -0.00165. The first-order valence-electron chi connectivity index (χ1n) is 8.66. The van der Waals surface area contributed by atoms with Crippen molar-refractivity contribution in [2.75, 3.05) is 13.1 Å². The average Bonchev–Trinajstić information content (AvgIpc) is 3.29. The van der Waals surface area contributed by atoms with E-state index in [-0.39, 0.29) is 23.9 Å². The van der Waals surface area contributed by atoms with Crippen molar-refractivity contribution in [3.05, 3.63) is 30.1 Å². The third-order valence-electron chi connectivity index (χ3n) is 6.26. The van der Waals surface area contributed by atoms with Crippen molar-refractivity contribution in [2.24, 2.45) is 13.0 Å². The van der Waals surface area contributed by atoms with Crippen molar-refractivity contribution in [1.82, 2.24) is 19.8 Å². The number of carbonyl (C=O) groups excluding carboxylic acids is 1. The van der Waals surface area contributed by atoms with Gasteiger partial charge in [-0.25, -0.2) is 4.98 Å². The number of para-hydroxylation sites is 2. The van der Waals surface area contributed by atoms with Crippen molar-refractivity contribution >= 4 is 29.3 Å². The summed E-state index contributed by atoms with van der Waals surface area (Å²) in [6, 6.07) is 8.22. The topological polar surface area (TPSA) is 50.2 Å². The summed E-state index contributed by atoms with van der Waals surface area (Å²) in [6.45, 7) is 2.42. The lowest BCUT2D eigenvalue weighted by atomic mass is 9.77. The fourth-order valence-electron chi connectivity index (χ4n) is 4.88. The molecular weight excluding hydrogens is 324 g/mol. The van der Waals surface area contributed by atoms with Crippen LogP contribution >= 0.6 is 12.4 Å². The van der Waals surface area contributed by atoms with E-state index in [0.29, 0.717) is 17.8 Å². The molecule has 0 unspecified atom stereocenters. The van der Waals surface area contributed by atoms with Gasteiger partial charge in [0.05, 0.1) is 17.1 Å². The first-order chi connectivity index (χ1) is 11.2. The smallest absolute Gasteiger partial charge is 0.287 e. The highest BCUT2D eigenvalue weighted by atomic mass is 35.5. The van der Waals surface area contributed by atoms with Gasteiger partial charge in [-0.15, -0.1) is 12.4 Å². The molecule has 6 rings (SSSR count). The van der Waals surface area contributed by atoms with Gasteiger partial charge < -0.3 is 9.88 Å². The molecule has 1 aromatic heterocycles. The molecule has 5 nitrogen and oxygen atoms in total. The van der Waals surface area contributed by atoms with E-state index in [0.717, 1.165) is 11.0 Å². The minimum Gasteiger partial charge on any atom is -0.344 e. The summed E-state index contributed by atoms with van der Waals surface area (Å²) in [5.74, 6) is 1.15. The Morgan fingerprint density at radius 3 is 2.62 bits per heavy atom. The largest absolute Gasteiger partial charge is 0.344 e. The number of hydrogen-bond acceptors (Lipinski definition) is 3. The van der Waals surface area contributed by atoms with Gasteiger partial charge in [-0.2, -0.15) is 0 Å². The van der Waals surface area contributed by atoms with Crippen molar-refractivity contribution in [1.29, 1.82) is 0 Å². The van der Waals surface area contributed by atoms with E-state index in [9.17, 15) is 4.79 Å². The molecule has 0 radical (unpaired) electrons. The van der Waals surface area contributed by atoms with E-state index in [1.54, 1.807) is 0 Å². The number of carbonyl (C=O) groups is 1. The molecule has 1 saturated carbocycles. The molecule has 1 amide bonds. The normalized spacial score (nSPS) is 29.5. The maximum absolute atomic E-state index is 12.9. The number of rotatable bonds is 2. The van der Waals surface area contributed by atoms with Gasteiger partial charge in [-0.05, 0) is 56.8 Å². The second-order valence-corrected chi connectivity index (χ2v) is 7.36. The van der Waals surface area contributed by atoms with Crippen LogP contribution in [0.25, 0.3) is 11.0 Å². The van der Waals surface area contributed by atoms with Crippen molar-refractivity contribution in [3.8, 4) is 0 Å². The number of nitrogens with one attached hydrogen (secondary N) is 1. The van der Waals surface area contributed by atoms with Crippen LogP contribution in [-0.2, 0) is 7.05 Å². The molecule has 4 fully saturated rings. The number of nitrogens with zero attached hydrogens (tertiary/aromatic N) is 3. The van der Waals surface area contributed by atoms with Crippen LogP contribution < -0.4 is 5.32 Å². The zero-order valence-electron chi connectivity index (χ0n) is 13.9. The Kier molecular flexibility index (Phi) is 3.62. The quantitative estimate of drug-likeness (QED) is 0.908. The second-order valence-electron chi connectivity index (χ2n) is 7.36. The number of imidazole rings is 1. The summed E-state index contributed by atoms with van der Waals surface area (Å²) in [6.07, 6.45) is 4.90. The van der Waals surface area contributed by atoms with Crippen LogP contribution in [0.1, 0.15) is 36.3 Å². The molecule has 1 spiro atoms. The lowest BCUT2D eigenvalue weighted by Crippen LogP contribution is -2.65. The maximum Gasteiger partial charge on any atom is 0.287 e. The van der Waals surface area contributed by atoms with Gasteiger partial charge in [0, 0.05) is 12.6 Å². The summed E-state index contributed by atoms with van der Waals surface area (Å²) in [4.78, 5) is 20.0. The summed E-state index contributed by atoms with van der Waals surface area (Å²) < 4.78 is 1.91. The predicted octanol–water partition coefficient (Wildman–Crippen LogP) is 2.35. The van der Waals surface area contributed by atoms with E-state index < -0.39 is 0 Å². The van der Waals surface area contributed by atoms with Crippen LogP contribution in [0.4, 0.5) is 0 Å². The first kappa shape index (κ1) is 15.9. The third kappa shape index (κ3) is 2.11. The van der Waals surface area contributed by atoms with E-state index in [1.165, 1.54) is 38.8 Å². The fourth-order valence-corrected chi connectivity index (χ4v) is 4.88. The third-order valence-corrected chi connectivity index (χ3v) is 6.26. The van der Waals surface area contributed by atoms with Crippen molar-refractivity contribution in [3.63, 3.8) is 0 Å². The summed E-state index contributed by atoms with van der Waals surface area (Å²) in [7, 11) is 1.92. The Bertz CT molecular complexity index is 789. The Morgan fingerprint density at radius 2 is 1.96 bits per heavy atom. The van der Waals surface area contributed by atoms with Gasteiger partial charge in [0.25, 0.3) is 5.91 Å². The van der Waals surface area contributed by atoms with Crippen LogP contribution in [0.15, 0.2) is 24.3 Å². The molecule has 24 heavy (non-hydrogen) atoms. The van der Waals surface area contributed by atoms with Gasteiger partial charge >= 0.3 is 0 Å². The lowest BCUT2D eigenvalue weighted by Gasteiger charge is -2.52. The number of aryl methyl sites for hydroxylation is 1. The summed E-state index contributed by atoms with van der Waals surface area (Å²) >= 11 is 0. The van der Waals surface area contributed by atoms with Crippen LogP contribution in [0.3, 0.4) is 0 Å². The molecule has 1 aromatic carbocycles. The van der Waals surface area contributed by atoms with Gasteiger partial charge in [-0.3, -0.25) is 9.69 Å². The van der Waals surface area contributed by atoms with Gasteiger partial charge in [-0.1, -0.05) is 12.1 Å². The molecule has 4 heterocycles. The average molecular weight is 347 g/mol. The zero-order valence-corrected chi connectivity index (χ0v) is 14.7. The number of halogens is 1. The molecule has 2 aromatic rings. The Morgan fingerprint density at radius 1 is 1.25 bits per heavy atom. The molecule has 128 valence electrons. The predicted molar refractivity (Wildman–Crippen MR) is 95.5 cm³/mol. The minimum absolute atomic E-state index is 0.